The molecule has 0 fully saturated rings. The van der Waals surface area contributed by atoms with Crippen LogP contribution < -0.4 is 18.9 Å². The molecule has 2 aliphatic heterocycles. The molecule has 2 aromatic carbocycles. The average Bonchev–Trinajstić information content (AvgIpc) is 2.67. The summed E-state index contributed by atoms with van der Waals surface area (Å²) in [6, 6.07) is 13.2. The molecule has 6 heteroatoms. The van der Waals surface area contributed by atoms with Crippen molar-refractivity contribution >= 4 is 5.91 Å². The molecule has 0 radical (unpaired) electrons. The maximum absolute atomic E-state index is 12.6. The second-order valence-electron chi connectivity index (χ2n) is 6.43. The second kappa shape index (κ2) is 7.15. The molecule has 1 atom stereocenters. The fourth-order valence-corrected chi connectivity index (χ4v) is 3.07. The molecule has 1 amide bonds. The third kappa shape index (κ3) is 3.54. The molecular weight excluding hydrogens is 334 g/mol. The summed E-state index contributed by atoms with van der Waals surface area (Å²) in [5.41, 5.74) is 0.900. The number of ether oxygens (including phenoxy) is 4. The Kier molecular flexibility index (Phi) is 4.56. The Morgan fingerprint density at radius 2 is 1.73 bits per heavy atom. The van der Waals surface area contributed by atoms with Crippen LogP contribution in [0.4, 0.5) is 0 Å². The number of amides is 1. The minimum Gasteiger partial charge on any atom is -0.486 e. The van der Waals surface area contributed by atoms with Crippen molar-refractivity contribution in [3.8, 4) is 23.0 Å². The van der Waals surface area contributed by atoms with E-state index in [9.17, 15) is 4.79 Å². The van der Waals surface area contributed by atoms with Gasteiger partial charge in [0.2, 0.25) is 5.91 Å². The zero-order valence-electron chi connectivity index (χ0n) is 14.6. The third-order valence-electron chi connectivity index (χ3n) is 4.43. The molecule has 0 aliphatic carbocycles. The molecule has 0 bridgehead atoms. The van der Waals surface area contributed by atoms with E-state index in [4.69, 9.17) is 18.9 Å². The van der Waals surface area contributed by atoms with Crippen LogP contribution in [0.15, 0.2) is 42.5 Å². The Hall–Kier alpha value is -2.89. The van der Waals surface area contributed by atoms with Crippen LogP contribution in [0.25, 0.3) is 0 Å². The number of benzene rings is 2. The van der Waals surface area contributed by atoms with Gasteiger partial charge in [-0.05, 0) is 29.8 Å². The monoisotopic (exact) mass is 355 g/mol. The first-order chi connectivity index (χ1) is 12.7. The lowest BCUT2D eigenvalue weighted by molar-refractivity contribution is -0.130. The average molecular weight is 355 g/mol. The first-order valence-electron chi connectivity index (χ1n) is 8.70. The Balaban J connectivity index is 1.35. The normalized spacial score (nSPS) is 17.5. The van der Waals surface area contributed by atoms with Gasteiger partial charge in [0, 0.05) is 7.05 Å². The van der Waals surface area contributed by atoms with Gasteiger partial charge >= 0.3 is 0 Å². The molecule has 6 nitrogen and oxygen atoms in total. The van der Waals surface area contributed by atoms with Gasteiger partial charge < -0.3 is 23.8 Å². The van der Waals surface area contributed by atoms with Crippen LogP contribution in [0.1, 0.15) is 5.56 Å². The van der Waals surface area contributed by atoms with Gasteiger partial charge in [0.1, 0.15) is 19.8 Å². The highest BCUT2D eigenvalue weighted by atomic mass is 16.6. The van der Waals surface area contributed by atoms with E-state index < -0.39 is 0 Å². The van der Waals surface area contributed by atoms with Gasteiger partial charge in [0.25, 0.3) is 0 Å². The van der Waals surface area contributed by atoms with Crippen LogP contribution in [0.2, 0.25) is 0 Å². The van der Waals surface area contributed by atoms with E-state index in [1.165, 1.54) is 0 Å². The molecular formula is C20H21NO5. The number of rotatable bonds is 4. The quantitative estimate of drug-likeness (QED) is 0.842. The first kappa shape index (κ1) is 16.6. The summed E-state index contributed by atoms with van der Waals surface area (Å²) in [5, 5.41) is 0. The fourth-order valence-electron chi connectivity index (χ4n) is 3.07. The van der Waals surface area contributed by atoms with Crippen LogP contribution in [0, 0.1) is 0 Å². The van der Waals surface area contributed by atoms with Crippen LogP contribution in [0.3, 0.4) is 0 Å². The molecule has 2 heterocycles. The van der Waals surface area contributed by atoms with Crippen molar-refractivity contribution in [3.63, 3.8) is 0 Å². The molecule has 0 saturated carbocycles. The van der Waals surface area contributed by atoms with Crippen molar-refractivity contribution in [2.45, 2.75) is 12.5 Å². The summed E-state index contributed by atoms with van der Waals surface area (Å²) in [7, 11) is 1.78. The number of nitrogens with zero attached hydrogens (tertiary/aromatic N) is 1. The lowest BCUT2D eigenvalue weighted by Gasteiger charge is -2.29. The fraction of sp³-hybridized carbons (Fsp3) is 0.350. The van der Waals surface area contributed by atoms with Gasteiger partial charge in [-0.2, -0.15) is 0 Å². The molecule has 2 aliphatic rings. The molecule has 4 rings (SSSR count). The van der Waals surface area contributed by atoms with Gasteiger partial charge in [-0.3, -0.25) is 4.79 Å². The predicted octanol–water partition coefficient (Wildman–Crippen LogP) is 2.30. The molecule has 0 N–H and O–H groups in total. The second-order valence-corrected chi connectivity index (χ2v) is 6.43. The van der Waals surface area contributed by atoms with Crippen LogP contribution >= 0.6 is 0 Å². The van der Waals surface area contributed by atoms with E-state index >= 15 is 0 Å². The van der Waals surface area contributed by atoms with E-state index in [-0.39, 0.29) is 12.0 Å². The number of fused-ring (bicyclic) bond motifs is 2. The van der Waals surface area contributed by atoms with Gasteiger partial charge in [-0.15, -0.1) is 0 Å². The number of hydrogen-bond donors (Lipinski definition) is 0. The highest BCUT2D eigenvalue weighted by molar-refractivity contribution is 5.78. The maximum Gasteiger partial charge on any atom is 0.226 e. The van der Waals surface area contributed by atoms with Crippen molar-refractivity contribution in [2.24, 2.45) is 0 Å². The molecule has 26 heavy (non-hydrogen) atoms. The maximum atomic E-state index is 12.6. The zero-order chi connectivity index (χ0) is 17.9. The minimum atomic E-state index is -0.181. The first-order valence-corrected chi connectivity index (χ1v) is 8.70. The molecule has 0 aromatic heterocycles. The largest absolute Gasteiger partial charge is 0.486 e. The standard InChI is InChI=1S/C20H21NO5/c1-21(12-15-13-25-16-4-2-3-5-18(16)26-15)20(22)11-14-6-7-17-19(10-14)24-9-8-23-17/h2-7,10,15H,8-9,11-13H2,1H3. The van der Waals surface area contributed by atoms with Gasteiger partial charge in [-0.25, -0.2) is 0 Å². The van der Waals surface area contributed by atoms with E-state index in [0.29, 0.717) is 38.5 Å². The smallest absolute Gasteiger partial charge is 0.226 e. The third-order valence-corrected chi connectivity index (χ3v) is 4.43. The Labute approximate surface area is 152 Å². The van der Waals surface area contributed by atoms with Gasteiger partial charge in [0.15, 0.2) is 29.1 Å². The number of hydrogen-bond acceptors (Lipinski definition) is 5. The van der Waals surface area contributed by atoms with Crippen molar-refractivity contribution < 1.29 is 23.7 Å². The van der Waals surface area contributed by atoms with E-state index in [0.717, 1.165) is 22.8 Å². The summed E-state index contributed by atoms with van der Waals surface area (Å²) >= 11 is 0. The molecule has 0 spiro atoms. The predicted molar refractivity (Wildman–Crippen MR) is 95.1 cm³/mol. The van der Waals surface area contributed by atoms with E-state index in [2.05, 4.69) is 0 Å². The van der Waals surface area contributed by atoms with E-state index in [1.807, 2.05) is 42.5 Å². The van der Waals surface area contributed by atoms with Crippen LogP contribution in [0.5, 0.6) is 23.0 Å². The summed E-state index contributed by atoms with van der Waals surface area (Å²) < 4.78 is 22.7. The van der Waals surface area contributed by atoms with Crippen molar-refractivity contribution in [2.75, 3.05) is 33.4 Å². The number of likely N-dealkylation sites (N-methyl/N-ethyl adjacent to an activating group) is 1. The van der Waals surface area contributed by atoms with Crippen LogP contribution in [-0.4, -0.2) is 50.3 Å². The Bertz CT molecular complexity index is 807. The molecule has 136 valence electrons. The lowest BCUT2D eigenvalue weighted by atomic mass is 10.1. The van der Waals surface area contributed by atoms with Crippen molar-refractivity contribution in [1.29, 1.82) is 0 Å². The summed E-state index contributed by atoms with van der Waals surface area (Å²) in [5.74, 6) is 2.91. The minimum absolute atomic E-state index is 0.0177. The molecule has 1 unspecified atom stereocenters. The SMILES string of the molecule is CN(CC1COc2ccccc2O1)C(=O)Cc1ccc2c(c1)OCCO2. The Morgan fingerprint density at radius 3 is 2.58 bits per heavy atom. The van der Waals surface area contributed by atoms with Crippen molar-refractivity contribution in [3.05, 3.63) is 48.0 Å². The molecule has 0 saturated heterocycles. The zero-order valence-corrected chi connectivity index (χ0v) is 14.6. The van der Waals surface area contributed by atoms with Crippen LogP contribution in [-0.2, 0) is 11.2 Å². The summed E-state index contributed by atoms with van der Waals surface area (Å²) in [6.45, 7) is 1.99. The molecule has 2 aromatic rings. The van der Waals surface area contributed by atoms with Gasteiger partial charge in [0.05, 0.1) is 13.0 Å². The highest BCUT2D eigenvalue weighted by Crippen LogP contribution is 2.32. The van der Waals surface area contributed by atoms with E-state index in [1.54, 1.807) is 11.9 Å². The van der Waals surface area contributed by atoms with Crippen molar-refractivity contribution in [1.82, 2.24) is 4.90 Å². The number of carbonyl (C=O) groups is 1. The summed E-state index contributed by atoms with van der Waals surface area (Å²) in [6.07, 6.45) is 0.122. The lowest BCUT2D eigenvalue weighted by Crippen LogP contribution is -2.42. The Morgan fingerprint density at radius 1 is 1.00 bits per heavy atom. The highest BCUT2D eigenvalue weighted by Gasteiger charge is 2.24. The number of para-hydroxylation sites is 2. The number of carbonyl (C=O) groups excluding carboxylic acids is 1. The van der Waals surface area contributed by atoms with Gasteiger partial charge in [-0.1, -0.05) is 18.2 Å². The topological polar surface area (TPSA) is 57.2 Å². The summed E-state index contributed by atoms with van der Waals surface area (Å²) in [4.78, 5) is 14.2.